The highest BCUT2D eigenvalue weighted by Gasteiger charge is 2.39. The van der Waals surface area contributed by atoms with E-state index in [0.29, 0.717) is 35.6 Å². The summed E-state index contributed by atoms with van der Waals surface area (Å²) in [6, 6.07) is 15.5. The van der Waals surface area contributed by atoms with E-state index in [0.717, 1.165) is 18.2 Å². The molecular weight excluding hydrogens is 673 g/mol. The Morgan fingerprint density at radius 1 is 1.06 bits per heavy atom. The van der Waals surface area contributed by atoms with Gasteiger partial charge in [0.15, 0.2) is 0 Å². The van der Waals surface area contributed by atoms with Crippen molar-refractivity contribution < 1.29 is 37.3 Å². The van der Waals surface area contributed by atoms with Crippen molar-refractivity contribution in [2.45, 2.75) is 52.4 Å². The van der Waals surface area contributed by atoms with Gasteiger partial charge in [-0.2, -0.15) is 5.26 Å². The van der Waals surface area contributed by atoms with Crippen molar-refractivity contribution in [1.82, 2.24) is 14.5 Å². The number of carbonyl (C=O) groups is 1. The molecule has 52 heavy (non-hydrogen) atoms. The number of nitriles is 1. The molecule has 1 atom stereocenters. The molecule has 0 aliphatic carbocycles. The Morgan fingerprint density at radius 2 is 1.83 bits per heavy atom. The van der Waals surface area contributed by atoms with Crippen molar-refractivity contribution in [3.63, 3.8) is 0 Å². The van der Waals surface area contributed by atoms with E-state index < -0.39 is 29.0 Å². The monoisotopic (exact) mass is 708 g/mol. The van der Waals surface area contributed by atoms with Crippen LogP contribution >= 0.6 is 0 Å². The summed E-state index contributed by atoms with van der Waals surface area (Å²) in [5, 5.41) is 19.3. The lowest BCUT2D eigenvalue weighted by atomic mass is 9.87. The molecule has 1 fully saturated rings. The minimum absolute atomic E-state index is 0.0236. The standard InChI is InChI=1S/C40H35F3N4O5/c1-39(2)22-51-21-34(39)47-33-16-27(38(48)50-5)14-24(11-12-40(3,4)49)37(33)46-35(47)17-26-15-31(43)28(18-30(26)42)32-7-6-8-36(45-32)52-20-25-10-9-23(19-44)13-29(25)41/h6-10,13-16,18,34,49H,17,20-22H2,1-5H3. The van der Waals surface area contributed by atoms with Gasteiger partial charge in [0.2, 0.25) is 5.88 Å². The number of aromatic nitrogens is 3. The van der Waals surface area contributed by atoms with E-state index in [1.165, 1.54) is 51.3 Å². The van der Waals surface area contributed by atoms with Gasteiger partial charge in [-0.25, -0.2) is 27.9 Å². The number of rotatable bonds is 8. The number of benzene rings is 3. The predicted molar refractivity (Wildman–Crippen MR) is 186 cm³/mol. The first-order valence-corrected chi connectivity index (χ1v) is 16.4. The number of carbonyl (C=O) groups excluding carboxylic acids is 1. The van der Waals surface area contributed by atoms with Gasteiger partial charge in [0.05, 0.1) is 60.3 Å². The molecule has 5 aromatic rings. The van der Waals surface area contributed by atoms with E-state index in [4.69, 9.17) is 24.5 Å². The first-order valence-electron chi connectivity index (χ1n) is 16.4. The lowest BCUT2D eigenvalue weighted by Gasteiger charge is -2.28. The van der Waals surface area contributed by atoms with E-state index >= 15 is 8.78 Å². The van der Waals surface area contributed by atoms with Gasteiger partial charge in [0.1, 0.15) is 41.0 Å². The number of ether oxygens (including phenoxy) is 3. The highest BCUT2D eigenvalue weighted by molar-refractivity contribution is 5.96. The van der Waals surface area contributed by atoms with Crippen molar-refractivity contribution in [1.29, 1.82) is 5.26 Å². The lowest BCUT2D eigenvalue weighted by Crippen LogP contribution is -2.27. The number of nitrogens with zero attached hydrogens (tertiary/aromatic N) is 4. The quantitative estimate of drug-likeness (QED) is 0.134. The largest absolute Gasteiger partial charge is 0.473 e. The Labute approximate surface area is 298 Å². The van der Waals surface area contributed by atoms with Gasteiger partial charge in [-0.05, 0) is 61.9 Å². The number of esters is 1. The van der Waals surface area contributed by atoms with Crippen molar-refractivity contribution in [3.8, 4) is 35.0 Å². The Hall–Kier alpha value is -5.69. The molecule has 0 spiro atoms. The fourth-order valence-electron chi connectivity index (χ4n) is 6.07. The molecule has 9 nitrogen and oxygen atoms in total. The van der Waals surface area contributed by atoms with Crippen LogP contribution in [0.2, 0.25) is 0 Å². The predicted octanol–water partition coefficient (Wildman–Crippen LogP) is 7.06. The van der Waals surface area contributed by atoms with Crippen LogP contribution in [-0.2, 0) is 22.5 Å². The average Bonchev–Trinajstić information content (AvgIpc) is 3.64. The van der Waals surface area contributed by atoms with Crippen molar-refractivity contribution >= 4 is 17.0 Å². The van der Waals surface area contributed by atoms with Crippen LogP contribution in [0.3, 0.4) is 0 Å². The molecule has 6 rings (SSSR count). The second-order valence-electron chi connectivity index (χ2n) is 13.8. The van der Waals surface area contributed by atoms with E-state index in [1.54, 1.807) is 12.1 Å². The number of aliphatic hydroxyl groups is 1. The van der Waals surface area contributed by atoms with Crippen LogP contribution in [0.5, 0.6) is 5.88 Å². The first-order chi connectivity index (χ1) is 24.7. The van der Waals surface area contributed by atoms with Crippen molar-refractivity contribution in [2.24, 2.45) is 5.41 Å². The molecule has 3 heterocycles. The fraction of sp³-hybridized carbons (Fsp3) is 0.300. The summed E-state index contributed by atoms with van der Waals surface area (Å²) in [5.41, 5.74) is 0.167. The zero-order valence-electron chi connectivity index (χ0n) is 29.2. The number of fused-ring (bicyclic) bond motifs is 1. The molecule has 0 radical (unpaired) electrons. The molecule has 266 valence electrons. The van der Waals surface area contributed by atoms with Crippen LogP contribution in [0.15, 0.2) is 60.7 Å². The van der Waals surface area contributed by atoms with E-state index in [-0.39, 0.29) is 63.9 Å². The number of methoxy groups -OCH3 is 1. The summed E-state index contributed by atoms with van der Waals surface area (Å²) in [6.45, 7) is 7.68. The molecule has 3 aromatic carbocycles. The van der Waals surface area contributed by atoms with Crippen LogP contribution in [0.25, 0.3) is 22.3 Å². The molecule has 0 bridgehead atoms. The average molecular weight is 709 g/mol. The third-order valence-corrected chi connectivity index (χ3v) is 8.80. The van der Waals surface area contributed by atoms with E-state index in [2.05, 4.69) is 16.8 Å². The fourth-order valence-corrected chi connectivity index (χ4v) is 6.07. The third-order valence-electron chi connectivity index (χ3n) is 8.80. The molecule has 1 N–H and O–H groups in total. The number of halogens is 3. The molecule has 12 heteroatoms. The zero-order valence-corrected chi connectivity index (χ0v) is 29.2. The Morgan fingerprint density at radius 3 is 2.50 bits per heavy atom. The number of pyridine rings is 1. The van der Waals surface area contributed by atoms with Gasteiger partial charge in [-0.1, -0.05) is 37.8 Å². The van der Waals surface area contributed by atoms with E-state index in [1.807, 2.05) is 24.5 Å². The highest BCUT2D eigenvalue weighted by atomic mass is 19.1. The molecular formula is C40H35F3N4O5. The Kier molecular flexibility index (Phi) is 9.82. The summed E-state index contributed by atoms with van der Waals surface area (Å²) < 4.78 is 64.6. The van der Waals surface area contributed by atoms with Gasteiger partial charge in [-0.15, -0.1) is 0 Å². The van der Waals surface area contributed by atoms with Crippen LogP contribution in [0.4, 0.5) is 13.2 Å². The SMILES string of the molecule is COC(=O)c1cc(C#CC(C)(C)O)c2nc(Cc3cc(F)c(-c4cccc(OCc5ccc(C#N)cc5F)n4)cc3F)n(C3COCC3(C)C)c2c1. The van der Waals surface area contributed by atoms with Crippen LogP contribution in [0.1, 0.15) is 72.2 Å². The van der Waals surface area contributed by atoms with Crippen LogP contribution in [0, 0.1) is 46.0 Å². The van der Waals surface area contributed by atoms with Gasteiger partial charge < -0.3 is 23.9 Å². The van der Waals surface area contributed by atoms with Crippen molar-refractivity contribution in [3.05, 3.63) is 112 Å². The normalized spacial score (nSPS) is 15.2. The first kappa shape index (κ1) is 36.1. The summed E-state index contributed by atoms with van der Waals surface area (Å²) >= 11 is 0. The Bertz CT molecular complexity index is 2310. The number of hydrogen-bond donors (Lipinski definition) is 1. The number of imidazole rings is 1. The summed E-state index contributed by atoms with van der Waals surface area (Å²) in [6.07, 6.45) is -0.122. The highest BCUT2D eigenvalue weighted by Crippen LogP contribution is 2.41. The zero-order chi connectivity index (χ0) is 37.4. The van der Waals surface area contributed by atoms with Gasteiger partial charge in [0.25, 0.3) is 0 Å². The molecule has 0 amide bonds. The number of hydrogen-bond acceptors (Lipinski definition) is 8. The van der Waals surface area contributed by atoms with Gasteiger partial charge >= 0.3 is 5.97 Å². The third kappa shape index (κ3) is 7.49. The Balaban J connectivity index is 1.38. The maximum absolute atomic E-state index is 16.0. The van der Waals surface area contributed by atoms with Crippen molar-refractivity contribution in [2.75, 3.05) is 20.3 Å². The van der Waals surface area contributed by atoms with E-state index in [9.17, 15) is 14.3 Å². The second kappa shape index (κ2) is 14.1. The summed E-state index contributed by atoms with van der Waals surface area (Å²) in [4.78, 5) is 22.0. The molecule has 1 saturated heterocycles. The van der Waals surface area contributed by atoms with Gasteiger partial charge in [-0.3, -0.25) is 0 Å². The van der Waals surface area contributed by atoms with Crippen LogP contribution in [-0.4, -0.2) is 51.5 Å². The molecule has 1 aliphatic heterocycles. The smallest absolute Gasteiger partial charge is 0.337 e. The maximum Gasteiger partial charge on any atom is 0.337 e. The summed E-state index contributed by atoms with van der Waals surface area (Å²) in [5.74, 6) is 3.51. The molecule has 1 aliphatic rings. The van der Waals surface area contributed by atoms with Crippen LogP contribution < -0.4 is 4.74 Å². The minimum atomic E-state index is -1.34. The van der Waals surface area contributed by atoms with Gasteiger partial charge in [0, 0.05) is 29.0 Å². The molecule has 2 aromatic heterocycles. The second-order valence-corrected chi connectivity index (χ2v) is 13.8. The molecule has 1 unspecified atom stereocenters. The minimum Gasteiger partial charge on any atom is -0.473 e. The maximum atomic E-state index is 16.0. The lowest BCUT2D eigenvalue weighted by molar-refractivity contribution is 0.0600. The topological polar surface area (TPSA) is 119 Å². The summed E-state index contributed by atoms with van der Waals surface area (Å²) in [7, 11) is 1.27. The molecule has 0 saturated carbocycles.